The van der Waals surface area contributed by atoms with Crippen molar-refractivity contribution in [3.63, 3.8) is 0 Å². The van der Waals surface area contributed by atoms with Gasteiger partial charge in [-0.2, -0.15) is 0 Å². The van der Waals surface area contributed by atoms with Crippen LogP contribution in [0.3, 0.4) is 0 Å². The Kier molecular flexibility index (Phi) is 5.21. The molecule has 0 unspecified atom stereocenters. The van der Waals surface area contributed by atoms with E-state index >= 15 is 0 Å². The first-order valence-electron chi connectivity index (χ1n) is 4.84. The van der Waals surface area contributed by atoms with E-state index in [4.69, 9.17) is 17.3 Å². The minimum Gasteiger partial charge on any atom is -0.396 e. The summed E-state index contributed by atoms with van der Waals surface area (Å²) in [6.07, 6.45) is 9.51. The van der Waals surface area contributed by atoms with Crippen molar-refractivity contribution in [1.29, 1.82) is 0 Å². The highest BCUT2D eigenvalue weighted by atomic mass is 32.1. The van der Waals surface area contributed by atoms with E-state index < -0.39 is 0 Å². The molecule has 1 nitrogen and oxygen atoms in total. The lowest BCUT2D eigenvalue weighted by Crippen LogP contribution is -1.93. The van der Waals surface area contributed by atoms with E-state index in [0.717, 1.165) is 36.1 Å². The van der Waals surface area contributed by atoms with E-state index in [1.165, 1.54) is 0 Å². The van der Waals surface area contributed by atoms with Crippen LogP contribution in [0, 0.1) is 11.8 Å². The third-order valence-corrected chi connectivity index (χ3v) is 2.16. The predicted molar refractivity (Wildman–Crippen MR) is 63.2 cm³/mol. The predicted octanol–water partition coefficient (Wildman–Crippen LogP) is 2.41. The van der Waals surface area contributed by atoms with Crippen molar-refractivity contribution in [2.75, 3.05) is 6.61 Å². The van der Waals surface area contributed by atoms with Crippen molar-refractivity contribution >= 4 is 17.1 Å². The largest absolute Gasteiger partial charge is 0.396 e. The Labute approximate surface area is 90.5 Å². The van der Waals surface area contributed by atoms with Gasteiger partial charge in [0.1, 0.15) is 0 Å². The van der Waals surface area contributed by atoms with Crippen LogP contribution in [-0.4, -0.2) is 16.6 Å². The summed E-state index contributed by atoms with van der Waals surface area (Å²) in [5, 5.41) is 8.56. The second kappa shape index (κ2) is 6.53. The normalized spacial score (nSPS) is 14.6. The maximum Gasteiger partial charge on any atom is 0.0431 e. The Bertz CT molecular complexity index is 315. The lowest BCUT2D eigenvalue weighted by atomic mass is 10.1. The van der Waals surface area contributed by atoms with Gasteiger partial charge in [0.25, 0.3) is 0 Å². The number of hydrogen-bond acceptors (Lipinski definition) is 2. The molecule has 0 aromatic heterocycles. The Hall–Kier alpha value is -0.910. The molecule has 0 aromatic rings. The number of rotatable bonds is 3. The van der Waals surface area contributed by atoms with Gasteiger partial charge >= 0.3 is 0 Å². The van der Waals surface area contributed by atoms with Crippen molar-refractivity contribution in [1.82, 2.24) is 0 Å². The number of unbranched alkanes of at least 4 members (excludes halogenated alkanes) is 2. The molecule has 0 aliphatic heterocycles. The number of hydrogen-bond donors (Lipinski definition) is 1. The van der Waals surface area contributed by atoms with Gasteiger partial charge in [0, 0.05) is 29.9 Å². The third-order valence-electron chi connectivity index (χ3n) is 1.88. The van der Waals surface area contributed by atoms with Crippen molar-refractivity contribution in [3.8, 4) is 11.8 Å². The van der Waals surface area contributed by atoms with Crippen LogP contribution in [-0.2, 0) is 0 Å². The standard InChI is InChI=1S/C12H14OS/c13-9-4-2-1-3-6-11-7-5-8-12(14)10-11/h5,7,10,13H,1-2,4,8-9H2. The van der Waals surface area contributed by atoms with E-state index in [0.29, 0.717) is 0 Å². The van der Waals surface area contributed by atoms with Crippen molar-refractivity contribution < 1.29 is 5.11 Å². The number of thiocarbonyl (C=S) groups is 1. The van der Waals surface area contributed by atoms with Gasteiger partial charge < -0.3 is 5.11 Å². The van der Waals surface area contributed by atoms with E-state index in [2.05, 4.69) is 11.8 Å². The van der Waals surface area contributed by atoms with E-state index in [1.807, 2.05) is 18.2 Å². The molecule has 1 aliphatic rings. The van der Waals surface area contributed by atoms with Gasteiger partial charge in [-0.1, -0.05) is 36.2 Å². The van der Waals surface area contributed by atoms with Gasteiger partial charge in [0.05, 0.1) is 0 Å². The molecule has 0 bridgehead atoms. The third kappa shape index (κ3) is 4.36. The summed E-state index contributed by atoms with van der Waals surface area (Å²) in [6.45, 7) is 0.258. The van der Waals surface area contributed by atoms with Crippen LogP contribution in [0.4, 0.5) is 0 Å². The highest BCUT2D eigenvalue weighted by molar-refractivity contribution is 7.80. The molecule has 0 fully saturated rings. The maximum atomic E-state index is 8.56. The molecule has 14 heavy (non-hydrogen) atoms. The average Bonchev–Trinajstić information content (AvgIpc) is 2.18. The van der Waals surface area contributed by atoms with Crippen LogP contribution in [0.5, 0.6) is 0 Å². The molecule has 0 saturated carbocycles. The Morgan fingerprint density at radius 3 is 3.00 bits per heavy atom. The van der Waals surface area contributed by atoms with Crippen LogP contribution < -0.4 is 0 Å². The van der Waals surface area contributed by atoms with Gasteiger partial charge in [-0.25, -0.2) is 0 Å². The van der Waals surface area contributed by atoms with Crippen LogP contribution >= 0.6 is 12.2 Å². The van der Waals surface area contributed by atoms with Gasteiger partial charge in [0.2, 0.25) is 0 Å². The zero-order valence-electron chi connectivity index (χ0n) is 8.12. The molecular formula is C12H14OS. The summed E-state index contributed by atoms with van der Waals surface area (Å²) in [5.41, 5.74) is 1.00. The summed E-state index contributed by atoms with van der Waals surface area (Å²) in [6, 6.07) is 0. The van der Waals surface area contributed by atoms with Gasteiger partial charge in [-0.05, 0) is 18.9 Å². The van der Waals surface area contributed by atoms with Gasteiger partial charge in [0.15, 0.2) is 0 Å². The van der Waals surface area contributed by atoms with E-state index in [1.54, 1.807) is 0 Å². The number of aliphatic hydroxyl groups is 1. The molecular weight excluding hydrogens is 192 g/mol. The fourth-order valence-electron chi connectivity index (χ4n) is 1.15. The molecule has 1 rings (SSSR count). The SMILES string of the molecule is OCCCCC#CC1=CC(=S)CC=C1. The molecule has 0 heterocycles. The first kappa shape index (κ1) is 11.2. The number of allylic oxidation sites excluding steroid dienone is 4. The van der Waals surface area contributed by atoms with Crippen LogP contribution in [0.2, 0.25) is 0 Å². The second-order valence-electron chi connectivity index (χ2n) is 3.15. The fraction of sp³-hybridized carbons (Fsp3) is 0.417. The van der Waals surface area contributed by atoms with Crippen LogP contribution in [0.15, 0.2) is 23.8 Å². The fourth-order valence-corrected chi connectivity index (χ4v) is 1.37. The van der Waals surface area contributed by atoms with Crippen molar-refractivity contribution in [2.45, 2.75) is 25.7 Å². The Morgan fingerprint density at radius 1 is 1.43 bits per heavy atom. The summed E-state index contributed by atoms with van der Waals surface area (Å²) in [5.74, 6) is 6.14. The van der Waals surface area contributed by atoms with Crippen LogP contribution in [0.1, 0.15) is 25.7 Å². The lowest BCUT2D eigenvalue weighted by molar-refractivity contribution is 0.285. The lowest BCUT2D eigenvalue weighted by Gasteiger charge is -1.99. The second-order valence-corrected chi connectivity index (χ2v) is 3.68. The van der Waals surface area contributed by atoms with Gasteiger partial charge in [-0.3, -0.25) is 0 Å². The molecule has 0 amide bonds. The smallest absolute Gasteiger partial charge is 0.0431 e. The van der Waals surface area contributed by atoms with Crippen molar-refractivity contribution in [3.05, 3.63) is 23.8 Å². The molecule has 0 radical (unpaired) electrons. The summed E-state index contributed by atoms with van der Waals surface area (Å²) >= 11 is 5.07. The Balaban J connectivity index is 2.35. The topological polar surface area (TPSA) is 20.2 Å². The quantitative estimate of drug-likeness (QED) is 0.435. The molecule has 0 spiro atoms. The summed E-state index contributed by atoms with van der Waals surface area (Å²) < 4.78 is 0. The molecule has 0 atom stereocenters. The molecule has 1 N–H and O–H groups in total. The first-order valence-corrected chi connectivity index (χ1v) is 5.24. The molecule has 0 aromatic carbocycles. The van der Waals surface area contributed by atoms with Crippen LogP contribution in [0.25, 0.3) is 0 Å². The molecule has 1 aliphatic carbocycles. The monoisotopic (exact) mass is 206 g/mol. The highest BCUT2D eigenvalue weighted by Crippen LogP contribution is 2.07. The zero-order valence-corrected chi connectivity index (χ0v) is 8.94. The van der Waals surface area contributed by atoms with E-state index in [9.17, 15) is 0 Å². The average molecular weight is 206 g/mol. The van der Waals surface area contributed by atoms with Crippen molar-refractivity contribution in [2.24, 2.45) is 0 Å². The van der Waals surface area contributed by atoms with E-state index in [-0.39, 0.29) is 6.61 Å². The minimum atomic E-state index is 0.258. The highest BCUT2D eigenvalue weighted by Gasteiger charge is 1.97. The molecule has 0 saturated heterocycles. The Morgan fingerprint density at radius 2 is 2.29 bits per heavy atom. The maximum absolute atomic E-state index is 8.56. The summed E-state index contributed by atoms with van der Waals surface area (Å²) in [4.78, 5) is 0.951. The first-order chi connectivity index (χ1) is 6.83. The minimum absolute atomic E-state index is 0.258. The number of aliphatic hydroxyl groups excluding tert-OH is 1. The zero-order chi connectivity index (χ0) is 10.2. The molecule has 2 heteroatoms. The summed E-state index contributed by atoms with van der Waals surface area (Å²) in [7, 11) is 0. The molecule has 74 valence electrons. The van der Waals surface area contributed by atoms with Gasteiger partial charge in [-0.15, -0.1) is 0 Å².